The van der Waals surface area contributed by atoms with Crippen molar-refractivity contribution in [3.8, 4) is 10.4 Å². The molecule has 7 nitrogen and oxygen atoms in total. The Kier molecular flexibility index (Phi) is 4.48. The molecule has 3 heterocycles. The van der Waals surface area contributed by atoms with Crippen molar-refractivity contribution in [3.05, 3.63) is 53.4 Å². The minimum Gasteiger partial charge on any atom is -0.464 e. The molecule has 0 aliphatic rings. The van der Waals surface area contributed by atoms with Gasteiger partial charge >= 0.3 is 5.97 Å². The molecule has 3 rings (SSSR count). The van der Waals surface area contributed by atoms with Gasteiger partial charge in [0.2, 0.25) is 5.91 Å². The lowest BCUT2D eigenvalue weighted by Crippen LogP contribution is -2.11. The van der Waals surface area contributed by atoms with Gasteiger partial charge in [-0.05, 0) is 24.6 Å². The smallest absolute Gasteiger partial charge is 0.356 e. The van der Waals surface area contributed by atoms with Gasteiger partial charge in [0.05, 0.1) is 24.1 Å². The second-order valence-corrected chi connectivity index (χ2v) is 6.07. The number of esters is 1. The van der Waals surface area contributed by atoms with E-state index in [1.54, 1.807) is 30.7 Å². The molecule has 0 aliphatic heterocycles. The van der Waals surface area contributed by atoms with Crippen molar-refractivity contribution in [3.63, 3.8) is 0 Å². The lowest BCUT2D eigenvalue weighted by molar-refractivity contribution is 0.0594. The van der Waals surface area contributed by atoms with Crippen LogP contribution in [-0.4, -0.2) is 38.5 Å². The van der Waals surface area contributed by atoms with Gasteiger partial charge in [-0.2, -0.15) is 0 Å². The van der Waals surface area contributed by atoms with E-state index >= 15 is 0 Å². The highest BCUT2D eigenvalue weighted by Gasteiger charge is 2.15. The van der Waals surface area contributed by atoms with Crippen molar-refractivity contribution in [2.24, 2.45) is 0 Å². The van der Waals surface area contributed by atoms with E-state index in [1.807, 2.05) is 6.92 Å². The van der Waals surface area contributed by atoms with Crippen LogP contribution in [0.5, 0.6) is 0 Å². The van der Waals surface area contributed by atoms with Crippen LogP contribution in [0.15, 0.2) is 37.1 Å². The summed E-state index contributed by atoms with van der Waals surface area (Å²) < 4.78 is 6.12. The third-order valence-corrected chi connectivity index (χ3v) is 4.56. The first-order valence-corrected chi connectivity index (χ1v) is 7.92. The van der Waals surface area contributed by atoms with Gasteiger partial charge in [-0.1, -0.05) is 0 Å². The number of hydrogen-bond acceptors (Lipinski definition) is 7. The molecule has 0 saturated carbocycles. The van der Waals surface area contributed by atoms with Crippen LogP contribution in [0.4, 0.5) is 0 Å². The summed E-state index contributed by atoms with van der Waals surface area (Å²) in [5.74, 6) is -0.590. The van der Waals surface area contributed by atoms with E-state index in [0.717, 1.165) is 16.1 Å². The first-order valence-electron chi connectivity index (χ1n) is 7.10. The average molecular weight is 342 g/mol. The van der Waals surface area contributed by atoms with Crippen LogP contribution in [0, 0.1) is 6.92 Å². The Hall–Kier alpha value is -2.87. The van der Waals surface area contributed by atoms with Gasteiger partial charge in [0, 0.05) is 18.6 Å². The molecule has 0 bridgehead atoms. The monoisotopic (exact) mass is 342 g/mol. The third kappa shape index (κ3) is 3.23. The van der Waals surface area contributed by atoms with E-state index < -0.39 is 5.97 Å². The summed E-state index contributed by atoms with van der Waals surface area (Å²) in [7, 11) is 1.31. The van der Waals surface area contributed by atoms with Crippen molar-refractivity contribution in [2.45, 2.75) is 13.3 Å². The van der Waals surface area contributed by atoms with Crippen molar-refractivity contribution in [1.29, 1.82) is 0 Å². The zero-order valence-corrected chi connectivity index (χ0v) is 13.9. The highest BCUT2D eigenvalue weighted by molar-refractivity contribution is 7.15. The van der Waals surface area contributed by atoms with E-state index in [0.29, 0.717) is 5.01 Å². The Labute approximate surface area is 142 Å². The molecule has 0 amide bonds. The Balaban J connectivity index is 1.87. The number of carbonyl (C=O) groups is 2. The topological polar surface area (TPSA) is 87.0 Å². The number of thiazole rings is 1. The lowest BCUT2D eigenvalue weighted by atomic mass is 10.2. The molecular weight excluding hydrogens is 328 g/mol. The molecule has 0 atom stereocenters. The fraction of sp³-hybridized carbons (Fsp3) is 0.188. The summed E-state index contributed by atoms with van der Waals surface area (Å²) in [6.45, 7) is 1.87. The number of aromatic nitrogens is 4. The lowest BCUT2D eigenvalue weighted by Gasteiger charge is -2.01. The number of aryl methyl sites for hydroxylation is 1. The summed E-state index contributed by atoms with van der Waals surface area (Å²) >= 11 is 1.42. The van der Waals surface area contributed by atoms with Gasteiger partial charge in [0.25, 0.3) is 0 Å². The second-order valence-electron chi connectivity index (χ2n) is 4.98. The molecule has 0 unspecified atom stereocenters. The van der Waals surface area contributed by atoms with Crippen molar-refractivity contribution in [1.82, 2.24) is 19.5 Å². The highest BCUT2D eigenvalue weighted by Crippen LogP contribution is 2.30. The van der Waals surface area contributed by atoms with E-state index in [2.05, 4.69) is 19.7 Å². The third-order valence-electron chi connectivity index (χ3n) is 3.35. The summed E-state index contributed by atoms with van der Waals surface area (Å²) in [6, 6.07) is 3.46. The van der Waals surface area contributed by atoms with Crippen molar-refractivity contribution < 1.29 is 14.3 Å². The predicted molar refractivity (Wildman–Crippen MR) is 88.0 cm³/mol. The summed E-state index contributed by atoms with van der Waals surface area (Å²) in [5.41, 5.74) is 1.86. The van der Waals surface area contributed by atoms with Gasteiger partial charge in [-0.3, -0.25) is 9.36 Å². The van der Waals surface area contributed by atoms with E-state index in [-0.39, 0.29) is 18.0 Å². The van der Waals surface area contributed by atoms with Gasteiger partial charge in [-0.25, -0.2) is 19.7 Å². The largest absolute Gasteiger partial charge is 0.464 e. The van der Waals surface area contributed by atoms with E-state index in [9.17, 15) is 9.59 Å². The number of pyridine rings is 1. The van der Waals surface area contributed by atoms with Crippen LogP contribution in [0.3, 0.4) is 0 Å². The van der Waals surface area contributed by atoms with Crippen LogP contribution in [0.25, 0.3) is 10.4 Å². The molecule has 122 valence electrons. The van der Waals surface area contributed by atoms with Crippen LogP contribution in [0.1, 0.15) is 26.0 Å². The van der Waals surface area contributed by atoms with Crippen LogP contribution in [0.2, 0.25) is 0 Å². The van der Waals surface area contributed by atoms with E-state index in [1.165, 1.54) is 29.3 Å². The normalized spacial score (nSPS) is 10.6. The summed E-state index contributed by atoms with van der Waals surface area (Å²) in [5, 5.41) is 0.706. The molecule has 24 heavy (non-hydrogen) atoms. The van der Waals surface area contributed by atoms with Crippen molar-refractivity contribution >= 4 is 23.2 Å². The van der Waals surface area contributed by atoms with Crippen LogP contribution >= 0.6 is 11.3 Å². The number of hydrogen-bond donors (Lipinski definition) is 0. The first kappa shape index (κ1) is 16.0. The molecular formula is C16H14N4O3S. The van der Waals surface area contributed by atoms with E-state index in [4.69, 9.17) is 0 Å². The maximum atomic E-state index is 12.1. The molecule has 0 spiro atoms. The van der Waals surface area contributed by atoms with Crippen molar-refractivity contribution in [2.75, 3.05) is 7.11 Å². The van der Waals surface area contributed by atoms with Gasteiger partial charge in [0.15, 0.2) is 0 Å². The maximum Gasteiger partial charge on any atom is 0.356 e. The molecule has 0 aliphatic carbocycles. The Bertz CT molecular complexity index is 887. The Morgan fingerprint density at radius 1 is 1.33 bits per heavy atom. The summed E-state index contributed by atoms with van der Waals surface area (Å²) in [6.07, 6.45) is 6.38. The number of nitrogens with zero attached hydrogens (tertiary/aromatic N) is 4. The molecule has 8 heteroatoms. The molecule has 3 aromatic heterocycles. The fourth-order valence-corrected chi connectivity index (χ4v) is 3.26. The van der Waals surface area contributed by atoms with Gasteiger partial charge < -0.3 is 4.74 Å². The minimum absolute atomic E-state index is 0.0993. The number of rotatable bonds is 4. The number of carbonyl (C=O) groups excluding carboxylic acids is 2. The zero-order chi connectivity index (χ0) is 17.1. The molecule has 3 aromatic rings. The van der Waals surface area contributed by atoms with Gasteiger partial charge in [0.1, 0.15) is 17.0 Å². The summed E-state index contributed by atoms with van der Waals surface area (Å²) in [4.78, 5) is 37.0. The fourth-order valence-electron chi connectivity index (χ4n) is 2.21. The molecule has 0 saturated heterocycles. The number of imidazole rings is 1. The second kappa shape index (κ2) is 6.71. The maximum absolute atomic E-state index is 12.1. The SMILES string of the molecule is COC(=O)c1cc(-c2sc(CC(=O)n3ccnc3)nc2C)ccn1. The average Bonchev–Trinajstić information content (AvgIpc) is 3.24. The van der Waals surface area contributed by atoms with Crippen LogP contribution in [-0.2, 0) is 11.2 Å². The Morgan fingerprint density at radius 3 is 2.88 bits per heavy atom. The predicted octanol–water partition coefficient (Wildman–Crippen LogP) is 2.38. The zero-order valence-electron chi connectivity index (χ0n) is 13.1. The van der Waals surface area contributed by atoms with Gasteiger partial charge in [-0.15, -0.1) is 11.3 Å². The first-order chi connectivity index (χ1) is 11.6. The standard InChI is InChI=1S/C16H14N4O3S/c1-10-15(11-3-4-18-12(7-11)16(22)23-2)24-13(19-10)8-14(21)20-6-5-17-9-20/h3-7,9H,8H2,1-2H3. The molecule has 0 N–H and O–H groups in total. The molecule has 0 radical (unpaired) electrons. The Morgan fingerprint density at radius 2 is 2.17 bits per heavy atom. The highest BCUT2D eigenvalue weighted by atomic mass is 32.1. The quantitative estimate of drug-likeness (QED) is 0.677. The number of methoxy groups -OCH3 is 1. The number of ether oxygens (including phenoxy) is 1. The molecule has 0 aromatic carbocycles. The molecule has 0 fully saturated rings. The van der Waals surface area contributed by atoms with Crippen LogP contribution < -0.4 is 0 Å². The minimum atomic E-state index is -0.491.